The third-order valence-corrected chi connectivity index (χ3v) is 9.07. The molecule has 4 nitrogen and oxygen atoms in total. The highest BCUT2D eigenvalue weighted by Crippen LogP contribution is 2.56. The molecule has 2 aromatic carbocycles. The van der Waals surface area contributed by atoms with Gasteiger partial charge in [0, 0.05) is 30.2 Å². The lowest BCUT2D eigenvalue weighted by Gasteiger charge is -2.59. The molecule has 5 aliphatic rings. The summed E-state index contributed by atoms with van der Waals surface area (Å²) in [5.41, 5.74) is 6.23. The SMILES string of the molecule is c1cc2c(cc1CNc1ccc3c(c1)[C@@]14CCCC[C@H]1[C@@H](C3)N(CC1CC1)CC4)OCO2. The van der Waals surface area contributed by atoms with Crippen LogP contribution in [0.3, 0.4) is 0 Å². The van der Waals surface area contributed by atoms with Crippen molar-refractivity contribution in [2.24, 2.45) is 11.8 Å². The Hall–Kier alpha value is -2.20. The zero-order valence-electron chi connectivity index (χ0n) is 18.9. The van der Waals surface area contributed by atoms with E-state index in [1.807, 2.05) is 6.07 Å². The second kappa shape index (κ2) is 7.41. The number of rotatable bonds is 5. The molecule has 2 aromatic rings. The maximum absolute atomic E-state index is 5.55. The highest BCUT2D eigenvalue weighted by atomic mass is 16.7. The van der Waals surface area contributed by atoms with Gasteiger partial charge in [0.2, 0.25) is 6.79 Å². The van der Waals surface area contributed by atoms with Gasteiger partial charge in [0.25, 0.3) is 0 Å². The van der Waals surface area contributed by atoms with E-state index in [1.54, 1.807) is 11.1 Å². The standard InChI is InChI=1S/C28H34N2O2/c1-2-10-28-11-12-30(17-19-4-5-19)25(23(28)3-1)14-21-7-8-22(15-24(21)28)29-16-20-6-9-26-27(13-20)32-18-31-26/h6-9,13,15,19,23,25,29H,1-5,10-12,14,16-18H2/t23-,25+,28+/m0/s1. The van der Waals surface area contributed by atoms with Crippen LogP contribution in [0.25, 0.3) is 0 Å². The van der Waals surface area contributed by atoms with Crippen molar-refractivity contribution in [1.29, 1.82) is 0 Å². The molecule has 4 heteroatoms. The van der Waals surface area contributed by atoms with Crippen molar-refractivity contribution in [3.05, 3.63) is 53.1 Å². The van der Waals surface area contributed by atoms with Gasteiger partial charge in [-0.2, -0.15) is 0 Å². The lowest BCUT2D eigenvalue weighted by molar-refractivity contribution is -0.0133. The van der Waals surface area contributed by atoms with Crippen LogP contribution in [0, 0.1) is 11.8 Å². The number of benzene rings is 2. The van der Waals surface area contributed by atoms with Gasteiger partial charge in [-0.05, 0) is 97.9 Å². The van der Waals surface area contributed by atoms with E-state index in [9.17, 15) is 0 Å². The molecule has 32 heavy (non-hydrogen) atoms. The first-order chi connectivity index (χ1) is 15.8. The topological polar surface area (TPSA) is 33.7 Å². The summed E-state index contributed by atoms with van der Waals surface area (Å²) in [6.07, 6.45) is 11.2. The van der Waals surface area contributed by atoms with Gasteiger partial charge in [-0.1, -0.05) is 25.0 Å². The molecular formula is C28H34N2O2. The fourth-order valence-corrected chi connectivity index (χ4v) is 7.31. The predicted octanol–water partition coefficient (Wildman–Crippen LogP) is 5.50. The average molecular weight is 431 g/mol. The fourth-order valence-electron chi connectivity index (χ4n) is 7.31. The van der Waals surface area contributed by atoms with Gasteiger partial charge in [0.05, 0.1) is 0 Å². The summed E-state index contributed by atoms with van der Waals surface area (Å²) in [6.45, 7) is 3.82. The summed E-state index contributed by atoms with van der Waals surface area (Å²) in [5.74, 6) is 3.57. The van der Waals surface area contributed by atoms with Gasteiger partial charge in [-0.3, -0.25) is 4.90 Å². The molecule has 0 aromatic heterocycles. The van der Waals surface area contributed by atoms with Crippen molar-refractivity contribution >= 4 is 5.69 Å². The van der Waals surface area contributed by atoms with E-state index in [1.165, 1.54) is 75.7 Å². The minimum absolute atomic E-state index is 0.333. The van der Waals surface area contributed by atoms with Crippen LogP contribution in [0.5, 0.6) is 11.5 Å². The number of ether oxygens (including phenoxy) is 2. The summed E-state index contributed by atoms with van der Waals surface area (Å²) in [7, 11) is 0. The van der Waals surface area contributed by atoms with Gasteiger partial charge in [-0.15, -0.1) is 0 Å². The van der Waals surface area contributed by atoms with Crippen LogP contribution in [-0.2, 0) is 18.4 Å². The summed E-state index contributed by atoms with van der Waals surface area (Å²) in [5, 5.41) is 3.70. The number of nitrogens with one attached hydrogen (secondary N) is 1. The largest absolute Gasteiger partial charge is 0.454 e. The molecular weight excluding hydrogens is 396 g/mol. The zero-order valence-corrected chi connectivity index (χ0v) is 18.9. The summed E-state index contributed by atoms with van der Waals surface area (Å²) in [4.78, 5) is 2.90. The van der Waals surface area contributed by atoms with E-state index in [4.69, 9.17) is 9.47 Å². The van der Waals surface area contributed by atoms with E-state index in [0.29, 0.717) is 12.2 Å². The van der Waals surface area contributed by atoms with Gasteiger partial charge < -0.3 is 14.8 Å². The van der Waals surface area contributed by atoms with Gasteiger partial charge in [0.15, 0.2) is 11.5 Å². The molecule has 2 saturated carbocycles. The van der Waals surface area contributed by atoms with Crippen LogP contribution in [0.15, 0.2) is 36.4 Å². The van der Waals surface area contributed by atoms with Crippen LogP contribution in [0.2, 0.25) is 0 Å². The fraction of sp³-hybridized carbons (Fsp3) is 0.571. The highest BCUT2D eigenvalue weighted by molar-refractivity contribution is 5.54. The number of hydrogen-bond donors (Lipinski definition) is 1. The van der Waals surface area contributed by atoms with Crippen molar-refractivity contribution in [2.45, 2.75) is 69.4 Å². The Kier molecular flexibility index (Phi) is 4.47. The second-order valence-corrected chi connectivity index (χ2v) is 10.9. The van der Waals surface area contributed by atoms with E-state index in [0.717, 1.165) is 35.9 Å². The average Bonchev–Trinajstić information content (AvgIpc) is 3.53. The lowest BCUT2D eigenvalue weighted by Crippen LogP contribution is -2.61. The van der Waals surface area contributed by atoms with Crippen LogP contribution in [0.4, 0.5) is 5.69 Å². The molecule has 0 unspecified atom stereocenters. The van der Waals surface area contributed by atoms with Crippen LogP contribution in [0.1, 0.15) is 61.6 Å². The van der Waals surface area contributed by atoms with Crippen LogP contribution >= 0.6 is 0 Å². The van der Waals surface area contributed by atoms with Crippen LogP contribution < -0.4 is 14.8 Å². The molecule has 3 aliphatic carbocycles. The van der Waals surface area contributed by atoms with E-state index >= 15 is 0 Å². The number of nitrogens with zero attached hydrogens (tertiary/aromatic N) is 1. The Balaban J connectivity index is 1.16. The van der Waals surface area contributed by atoms with Crippen molar-refractivity contribution in [3.63, 3.8) is 0 Å². The smallest absolute Gasteiger partial charge is 0.231 e. The van der Waals surface area contributed by atoms with Crippen molar-refractivity contribution < 1.29 is 9.47 Å². The van der Waals surface area contributed by atoms with Gasteiger partial charge >= 0.3 is 0 Å². The third-order valence-electron chi connectivity index (χ3n) is 9.07. The molecule has 2 bridgehead atoms. The van der Waals surface area contributed by atoms with E-state index in [2.05, 4.69) is 40.5 Å². The first-order valence-corrected chi connectivity index (χ1v) is 12.8. The Morgan fingerprint density at radius 2 is 1.91 bits per heavy atom. The molecule has 3 atom stereocenters. The first-order valence-electron chi connectivity index (χ1n) is 12.8. The van der Waals surface area contributed by atoms with Crippen molar-refractivity contribution in [2.75, 3.05) is 25.2 Å². The van der Waals surface area contributed by atoms with Gasteiger partial charge in [0.1, 0.15) is 0 Å². The summed E-state index contributed by atoms with van der Waals surface area (Å²) >= 11 is 0. The second-order valence-electron chi connectivity index (χ2n) is 10.9. The molecule has 3 fully saturated rings. The molecule has 0 amide bonds. The molecule has 1 N–H and O–H groups in total. The monoisotopic (exact) mass is 430 g/mol. The Morgan fingerprint density at radius 1 is 0.969 bits per heavy atom. The maximum Gasteiger partial charge on any atom is 0.231 e. The minimum atomic E-state index is 0.333. The Morgan fingerprint density at radius 3 is 2.84 bits per heavy atom. The number of fused-ring (bicyclic) bond motifs is 2. The highest BCUT2D eigenvalue weighted by Gasteiger charge is 2.54. The quantitative estimate of drug-likeness (QED) is 0.680. The van der Waals surface area contributed by atoms with Crippen LogP contribution in [-0.4, -0.2) is 30.8 Å². The molecule has 7 rings (SSSR count). The summed E-state index contributed by atoms with van der Waals surface area (Å²) < 4.78 is 11.0. The summed E-state index contributed by atoms with van der Waals surface area (Å²) in [6, 6.07) is 14.3. The predicted molar refractivity (Wildman–Crippen MR) is 126 cm³/mol. The maximum atomic E-state index is 5.55. The Bertz CT molecular complexity index is 1030. The molecule has 0 spiro atoms. The lowest BCUT2D eigenvalue weighted by atomic mass is 9.52. The normalized spacial score (nSPS) is 30.5. The number of piperidine rings is 1. The third kappa shape index (κ3) is 3.14. The van der Waals surface area contributed by atoms with Crippen molar-refractivity contribution in [1.82, 2.24) is 4.90 Å². The first kappa shape index (κ1) is 19.3. The number of likely N-dealkylation sites (tertiary alicyclic amines) is 1. The van der Waals surface area contributed by atoms with Crippen molar-refractivity contribution in [3.8, 4) is 11.5 Å². The zero-order chi connectivity index (χ0) is 21.1. The molecule has 168 valence electrons. The van der Waals surface area contributed by atoms with E-state index < -0.39 is 0 Å². The molecule has 2 aliphatic heterocycles. The van der Waals surface area contributed by atoms with E-state index in [-0.39, 0.29) is 0 Å². The molecule has 1 saturated heterocycles. The van der Waals surface area contributed by atoms with Gasteiger partial charge in [-0.25, -0.2) is 0 Å². The number of hydrogen-bond acceptors (Lipinski definition) is 4. The molecule has 2 heterocycles. The number of anilines is 1. The Labute approximate surface area is 191 Å². The minimum Gasteiger partial charge on any atom is -0.454 e. The molecule has 0 radical (unpaired) electrons.